The summed E-state index contributed by atoms with van der Waals surface area (Å²) in [5, 5.41) is 2.88. The third-order valence-electron chi connectivity index (χ3n) is 1.45. The first-order valence-electron chi connectivity index (χ1n) is 3.62. The molecule has 1 heterocycles. The topological polar surface area (TPSA) is 80.9 Å². The van der Waals surface area contributed by atoms with Gasteiger partial charge in [0.15, 0.2) is 0 Å². The minimum atomic E-state index is -0.427. The van der Waals surface area contributed by atoms with Crippen LogP contribution in [-0.2, 0) is 4.79 Å². The molecular formula is C7H9IN4O. The van der Waals surface area contributed by atoms with Crippen molar-refractivity contribution >= 4 is 34.3 Å². The van der Waals surface area contributed by atoms with Gasteiger partial charge in [-0.15, -0.1) is 0 Å². The molecule has 13 heavy (non-hydrogen) atoms. The molecule has 0 saturated heterocycles. The Morgan fingerprint density at radius 2 is 2.46 bits per heavy atom. The van der Waals surface area contributed by atoms with Gasteiger partial charge in [0.25, 0.3) is 0 Å². The lowest BCUT2D eigenvalue weighted by molar-refractivity contribution is -0.118. The predicted octanol–water partition coefficient (Wildman–Crippen LogP) is 0.367. The van der Waals surface area contributed by atoms with Gasteiger partial charge in [0.2, 0.25) is 5.91 Å². The van der Waals surface area contributed by atoms with Crippen LogP contribution in [0.4, 0.5) is 5.82 Å². The zero-order chi connectivity index (χ0) is 9.84. The maximum atomic E-state index is 10.7. The lowest BCUT2D eigenvalue weighted by Gasteiger charge is -2.10. The molecule has 1 amide bonds. The van der Waals surface area contributed by atoms with Crippen molar-refractivity contribution < 1.29 is 4.79 Å². The molecule has 6 heteroatoms. The largest absolute Gasteiger partial charge is 0.368 e. The molecule has 1 aromatic rings. The van der Waals surface area contributed by atoms with Gasteiger partial charge in [0, 0.05) is 6.20 Å². The first-order valence-corrected chi connectivity index (χ1v) is 4.70. The molecule has 1 unspecified atom stereocenters. The number of anilines is 1. The summed E-state index contributed by atoms with van der Waals surface area (Å²) in [6.45, 7) is 1.68. The number of nitrogens with one attached hydrogen (secondary N) is 1. The van der Waals surface area contributed by atoms with Crippen molar-refractivity contribution in [1.29, 1.82) is 0 Å². The van der Waals surface area contributed by atoms with Crippen LogP contribution in [0.25, 0.3) is 0 Å². The number of primary amides is 1. The molecule has 70 valence electrons. The number of hydrogen-bond acceptors (Lipinski definition) is 4. The Balaban J connectivity index is 2.74. The van der Waals surface area contributed by atoms with E-state index in [2.05, 4.69) is 37.9 Å². The van der Waals surface area contributed by atoms with E-state index in [4.69, 9.17) is 5.73 Å². The van der Waals surface area contributed by atoms with Gasteiger partial charge in [-0.25, -0.2) is 9.97 Å². The summed E-state index contributed by atoms with van der Waals surface area (Å²) in [6, 6.07) is -0.427. The molecule has 0 fully saturated rings. The van der Waals surface area contributed by atoms with Crippen LogP contribution in [-0.4, -0.2) is 21.9 Å². The van der Waals surface area contributed by atoms with E-state index in [1.165, 1.54) is 6.33 Å². The maximum Gasteiger partial charge on any atom is 0.239 e. The summed E-state index contributed by atoms with van der Waals surface area (Å²) < 4.78 is 0.855. The number of nitrogens with two attached hydrogens (primary N) is 1. The fourth-order valence-electron chi connectivity index (χ4n) is 0.695. The van der Waals surface area contributed by atoms with Crippen LogP contribution in [0, 0.1) is 3.57 Å². The zero-order valence-corrected chi connectivity index (χ0v) is 9.15. The zero-order valence-electron chi connectivity index (χ0n) is 6.99. The highest BCUT2D eigenvalue weighted by atomic mass is 127. The number of carbonyl (C=O) groups excluding carboxylic acids is 1. The van der Waals surface area contributed by atoms with Gasteiger partial charge < -0.3 is 11.1 Å². The van der Waals surface area contributed by atoms with Gasteiger partial charge in [0.05, 0.1) is 3.57 Å². The fourth-order valence-corrected chi connectivity index (χ4v) is 1.15. The van der Waals surface area contributed by atoms with Crippen molar-refractivity contribution in [3.8, 4) is 0 Å². The van der Waals surface area contributed by atoms with Crippen LogP contribution in [0.2, 0.25) is 0 Å². The summed E-state index contributed by atoms with van der Waals surface area (Å²) in [5.74, 6) is 0.219. The van der Waals surface area contributed by atoms with Gasteiger partial charge in [-0.05, 0) is 29.5 Å². The Labute approximate surface area is 89.3 Å². The van der Waals surface area contributed by atoms with Gasteiger partial charge in [-0.1, -0.05) is 0 Å². The molecule has 0 aliphatic carbocycles. The molecule has 0 spiro atoms. The van der Waals surface area contributed by atoms with Crippen LogP contribution >= 0.6 is 22.6 Å². The monoisotopic (exact) mass is 292 g/mol. The lowest BCUT2D eigenvalue weighted by Crippen LogP contribution is -2.33. The van der Waals surface area contributed by atoms with Crippen molar-refractivity contribution in [3.05, 3.63) is 16.1 Å². The van der Waals surface area contributed by atoms with Crippen molar-refractivity contribution in [3.63, 3.8) is 0 Å². The van der Waals surface area contributed by atoms with E-state index in [0.29, 0.717) is 5.82 Å². The molecule has 3 N–H and O–H groups in total. The summed E-state index contributed by atoms with van der Waals surface area (Å²) in [7, 11) is 0. The number of carbonyl (C=O) groups is 1. The van der Waals surface area contributed by atoms with E-state index in [-0.39, 0.29) is 0 Å². The number of aromatic nitrogens is 2. The highest BCUT2D eigenvalue weighted by Gasteiger charge is 2.10. The van der Waals surface area contributed by atoms with Crippen LogP contribution in [0.1, 0.15) is 6.92 Å². The fraction of sp³-hybridized carbons (Fsp3) is 0.286. The first-order chi connectivity index (χ1) is 6.11. The van der Waals surface area contributed by atoms with E-state index in [9.17, 15) is 4.79 Å². The Bertz CT molecular complexity index is 317. The van der Waals surface area contributed by atoms with Crippen molar-refractivity contribution in [2.75, 3.05) is 5.32 Å². The molecule has 5 nitrogen and oxygen atoms in total. The Morgan fingerprint density at radius 1 is 1.77 bits per heavy atom. The average Bonchev–Trinajstić information content (AvgIpc) is 2.08. The SMILES string of the molecule is CC(Nc1ncncc1I)C(N)=O. The Kier molecular flexibility index (Phi) is 3.40. The van der Waals surface area contributed by atoms with Gasteiger partial charge in [-0.3, -0.25) is 4.79 Å². The predicted molar refractivity (Wildman–Crippen MR) is 57.0 cm³/mol. The van der Waals surface area contributed by atoms with E-state index in [1.54, 1.807) is 13.1 Å². The van der Waals surface area contributed by atoms with Gasteiger partial charge in [0.1, 0.15) is 18.2 Å². The summed E-state index contributed by atoms with van der Waals surface area (Å²) in [4.78, 5) is 18.5. The van der Waals surface area contributed by atoms with Crippen LogP contribution < -0.4 is 11.1 Å². The third-order valence-corrected chi connectivity index (χ3v) is 2.24. The summed E-state index contributed by atoms with van der Waals surface area (Å²) in [6.07, 6.45) is 3.07. The number of hydrogen-bond donors (Lipinski definition) is 2. The first kappa shape index (κ1) is 10.2. The molecular weight excluding hydrogens is 283 g/mol. The highest BCUT2D eigenvalue weighted by Crippen LogP contribution is 2.12. The van der Waals surface area contributed by atoms with E-state index in [0.717, 1.165) is 3.57 Å². The summed E-state index contributed by atoms with van der Waals surface area (Å²) >= 11 is 2.08. The van der Waals surface area contributed by atoms with E-state index < -0.39 is 11.9 Å². The normalized spacial score (nSPS) is 12.2. The smallest absolute Gasteiger partial charge is 0.239 e. The third kappa shape index (κ3) is 2.79. The van der Waals surface area contributed by atoms with Crippen molar-refractivity contribution in [2.45, 2.75) is 13.0 Å². The molecule has 0 radical (unpaired) electrons. The standard InChI is InChI=1S/C7H9IN4O/c1-4(6(9)13)12-7-5(8)2-10-3-11-7/h2-4H,1H3,(H2,9,13)(H,10,11,12). The molecule has 0 aliphatic heterocycles. The van der Waals surface area contributed by atoms with Crippen molar-refractivity contribution in [2.24, 2.45) is 5.73 Å². The number of rotatable bonds is 3. The number of amides is 1. The van der Waals surface area contributed by atoms with Crippen LogP contribution in [0.5, 0.6) is 0 Å². The maximum absolute atomic E-state index is 10.7. The van der Waals surface area contributed by atoms with E-state index in [1.807, 2.05) is 0 Å². The quantitative estimate of drug-likeness (QED) is 0.789. The van der Waals surface area contributed by atoms with Gasteiger partial charge in [-0.2, -0.15) is 0 Å². The molecule has 0 saturated carbocycles. The highest BCUT2D eigenvalue weighted by molar-refractivity contribution is 14.1. The van der Waals surface area contributed by atoms with Crippen molar-refractivity contribution in [1.82, 2.24) is 9.97 Å². The van der Waals surface area contributed by atoms with Crippen LogP contribution in [0.15, 0.2) is 12.5 Å². The minimum Gasteiger partial charge on any atom is -0.368 e. The lowest BCUT2D eigenvalue weighted by atomic mass is 10.3. The minimum absolute atomic E-state index is 0.408. The Morgan fingerprint density at radius 3 is 3.00 bits per heavy atom. The summed E-state index contributed by atoms with van der Waals surface area (Å²) in [5.41, 5.74) is 5.09. The number of nitrogens with zero attached hydrogens (tertiary/aromatic N) is 2. The molecule has 0 bridgehead atoms. The van der Waals surface area contributed by atoms with E-state index >= 15 is 0 Å². The number of halogens is 1. The second-order valence-electron chi connectivity index (χ2n) is 2.49. The van der Waals surface area contributed by atoms with Gasteiger partial charge >= 0.3 is 0 Å². The Hall–Kier alpha value is -0.920. The molecule has 1 rings (SSSR count). The average molecular weight is 292 g/mol. The molecule has 0 aliphatic rings. The van der Waals surface area contributed by atoms with Crippen LogP contribution in [0.3, 0.4) is 0 Å². The second-order valence-corrected chi connectivity index (χ2v) is 3.65. The second kappa shape index (κ2) is 4.35. The molecule has 0 aromatic carbocycles. The molecule has 1 atom stereocenters. The molecule has 1 aromatic heterocycles.